The first-order valence-corrected chi connectivity index (χ1v) is 6.78. The second-order valence-corrected chi connectivity index (χ2v) is 5.32. The van der Waals surface area contributed by atoms with Crippen LogP contribution in [0.4, 0.5) is 0 Å². The summed E-state index contributed by atoms with van der Waals surface area (Å²) in [6, 6.07) is 0. The number of carbonyl (C=O) groups is 3. The van der Waals surface area contributed by atoms with Gasteiger partial charge in [-0.3, -0.25) is 14.4 Å². The molecule has 0 saturated heterocycles. The molecule has 0 bridgehead atoms. The van der Waals surface area contributed by atoms with Gasteiger partial charge in [0.05, 0.1) is 19.8 Å². The minimum atomic E-state index is -1.24. The van der Waals surface area contributed by atoms with Gasteiger partial charge < -0.3 is 19.7 Å². The van der Waals surface area contributed by atoms with Crippen LogP contribution in [-0.2, 0) is 23.9 Å². The predicted molar refractivity (Wildman–Crippen MR) is 75.9 cm³/mol. The summed E-state index contributed by atoms with van der Waals surface area (Å²) in [5, 5.41) is 18.7. The zero-order chi connectivity index (χ0) is 16.9. The van der Waals surface area contributed by atoms with Crippen molar-refractivity contribution in [3.63, 3.8) is 0 Å². The number of Topliss-reactive ketones (excluding diaryl/α,β-unsaturated/α-hetero) is 1. The summed E-state index contributed by atoms with van der Waals surface area (Å²) >= 11 is 0. The van der Waals surface area contributed by atoms with Crippen molar-refractivity contribution in [1.82, 2.24) is 0 Å². The van der Waals surface area contributed by atoms with Crippen LogP contribution in [0.2, 0.25) is 0 Å². The number of ketones is 2. The van der Waals surface area contributed by atoms with Crippen LogP contribution in [0.25, 0.3) is 0 Å². The van der Waals surface area contributed by atoms with E-state index in [0.717, 1.165) is 6.08 Å². The number of hydrogen-bond acceptors (Lipinski definition) is 6. The van der Waals surface area contributed by atoms with E-state index < -0.39 is 23.1 Å². The molecule has 0 aromatic carbocycles. The summed E-state index contributed by atoms with van der Waals surface area (Å²) in [7, 11) is 2.54. The number of carbonyl (C=O) groups excluding carboxylic acids is 2. The van der Waals surface area contributed by atoms with Crippen LogP contribution in [-0.4, -0.2) is 47.6 Å². The Bertz CT molecular complexity index is 540. The van der Waals surface area contributed by atoms with Gasteiger partial charge >= 0.3 is 5.97 Å². The van der Waals surface area contributed by atoms with Gasteiger partial charge in [-0.05, 0) is 32.3 Å². The standard InChI is InChI=1S/C15H20O7/c1-15(20,7-5-11(17)18)6-4-9-8-10(16)13(21-2)14(22-3)12(9)19/h8,20H,4-7H2,1-3H3,(H,17,18). The minimum absolute atomic E-state index is 0.0635. The van der Waals surface area contributed by atoms with E-state index in [4.69, 9.17) is 14.6 Å². The minimum Gasteiger partial charge on any atom is -0.490 e. The number of aliphatic hydroxyl groups is 1. The average Bonchev–Trinajstić information content (AvgIpc) is 2.45. The molecule has 7 nitrogen and oxygen atoms in total. The number of carboxylic acids is 1. The van der Waals surface area contributed by atoms with Crippen molar-refractivity contribution in [2.75, 3.05) is 14.2 Å². The first kappa shape index (κ1) is 17.9. The Morgan fingerprint density at radius 2 is 1.77 bits per heavy atom. The van der Waals surface area contributed by atoms with Gasteiger partial charge in [-0.1, -0.05) is 0 Å². The Hall–Kier alpha value is -2.15. The van der Waals surface area contributed by atoms with Gasteiger partial charge in [-0.15, -0.1) is 0 Å². The summed E-state index contributed by atoms with van der Waals surface area (Å²) in [6.45, 7) is 1.50. The summed E-state index contributed by atoms with van der Waals surface area (Å²) in [4.78, 5) is 34.6. The van der Waals surface area contributed by atoms with Crippen LogP contribution in [0.15, 0.2) is 23.2 Å². The topological polar surface area (TPSA) is 110 Å². The van der Waals surface area contributed by atoms with E-state index in [1.165, 1.54) is 21.1 Å². The Balaban J connectivity index is 2.77. The second-order valence-electron chi connectivity index (χ2n) is 5.32. The van der Waals surface area contributed by atoms with Crippen LogP contribution in [0.1, 0.15) is 32.6 Å². The number of ether oxygens (including phenoxy) is 2. The molecule has 1 rings (SSSR count). The van der Waals surface area contributed by atoms with Gasteiger partial charge in [0.1, 0.15) is 0 Å². The van der Waals surface area contributed by atoms with Crippen LogP contribution in [0, 0.1) is 0 Å². The molecule has 1 aliphatic rings. The van der Waals surface area contributed by atoms with Crippen LogP contribution in [0.3, 0.4) is 0 Å². The van der Waals surface area contributed by atoms with E-state index in [1.807, 2.05) is 0 Å². The van der Waals surface area contributed by atoms with Crippen LogP contribution < -0.4 is 0 Å². The summed E-state index contributed by atoms with van der Waals surface area (Å²) in [5.74, 6) is -2.24. The third-order valence-corrected chi connectivity index (χ3v) is 3.45. The number of carboxylic acid groups (broad SMARTS) is 1. The fourth-order valence-electron chi connectivity index (χ4n) is 2.12. The van der Waals surface area contributed by atoms with Crippen LogP contribution in [0.5, 0.6) is 0 Å². The highest BCUT2D eigenvalue weighted by molar-refractivity contribution is 6.21. The third-order valence-electron chi connectivity index (χ3n) is 3.45. The maximum absolute atomic E-state index is 12.2. The first-order chi connectivity index (χ1) is 10.2. The molecule has 122 valence electrons. The fraction of sp³-hybridized carbons (Fsp3) is 0.533. The molecule has 1 aliphatic carbocycles. The van der Waals surface area contributed by atoms with Gasteiger partial charge in [0.15, 0.2) is 0 Å². The van der Waals surface area contributed by atoms with Crippen molar-refractivity contribution in [2.24, 2.45) is 0 Å². The Kier molecular flexibility index (Phi) is 5.87. The molecule has 0 heterocycles. The van der Waals surface area contributed by atoms with E-state index in [0.29, 0.717) is 0 Å². The third kappa shape index (κ3) is 4.42. The number of aliphatic carboxylic acids is 1. The molecule has 0 amide bonds. The van der Waals surface area contributed by atoms with E-state index >= 15 is 0 Å². The molecule has 0 saturated carbocycles. The summed E-state index contributed by atoms with van der Waals surface area (Å²) in [6.07, 6.45) is 1.35. The lowest BCUT2D eigenvalue weighted by Crippen LogP contribution is -2.27. The van der Waals surface area contributed by atoms with Crippen molar-refractivity contribution >= 4 is 17.5 Å². The van der Waals surface area contributed by atoms with Crippen molar-refractivity contribution in [2.45, 2.75) is 38.2 Å². The second kappa shape index (κ2) is 7.22. The van der Waals surface area contributed by atoms with Gasteiger partial charge in [0.2, 0.25) is 23.1 Å². The van der Waals surface area contributed by atoms with E-state index in [2.05, 4.69) is 0 Å². The molecule has 1 atom stereocenters. The lowest BCUT2D eigenvalue weighted by Gasteiger charge is -2.24. The summed E-state index contributed by atoms with van der Waals surface area (Å²) < 4.78 is 9.78. The highest BCUT2D eigenvalue weighted by Crippen LogP contribution is 2.27. The lowest BCUT2D eigenvalue weighted by molar-refractivity contribution is -0.138. The number of allylic oxidation sites excluding steroid dienone is 2. The largest absolute Gasteiger partial charge is 0.490 e. The van der Waals surface area contributed by atoms with Gasteiger partial charge in [0, 0.05) is 12.0 Å². The van der Waals surface area contributed by atoms with Crippen LogP contribution >= 0.6 is 0 Å². The summed E-state index contributed by atoms with van der Waals surface area (Å²) in [5.41, 5.74) is -1.03. The maximum Gasteiger partial charge on any atom is 0.303 e. The first-order valence-electron chi connectivity index (χ1n) is 6.78. The lowest BCUT2D eigenvalue weighted by atomic mass is 9.89. The molecule has 0 spiro atoms. The number of rotatable bonds is 8. The molecule has 0 aromatic rings. The molecule has 1 unspecified atom stereocenters. The van der Waals surface area contributed by atoms with E-state index in [1.54, 1.807) is 0 Å². The van der Waals surface area contributed by atoms with Crippen molar-refractivity contribution in [3.05, 3.63) is 23.2 Å². The number of hydrogen-bond donors (Lipinski definition) is 2. The molecule has 22 heavy (non-hydrogen) atoms. The monoisotopic (exact) mass is 312 g/mol. The highest BCUT2D eigenvalue weighted by atomic mass is 16.5. The van der Waals surface area contributed by atoms with Gasteiger partial charge in [-0.2, -0.15) is 0 Å². The average molecular weight is 312 g/mol. The Morgan fingerprint density at radius 3 is 2.27 bits per heavy atom. The fourth-order valence-corrected chi connectivity index (χ4v) is 2.12. The molecule has 2 N–H and O–H groups in total. The van der Waals surface area contributed by atoms with Gasteiger partial charge in [0.25, 0.3) is 0 Å². The van der Waals surface area contributed by atoms with Crippen molar-refractivity contribution in [1.29, 1.82) is 0 Å². The Morgan fingerprint density at radius 1 is 1.18 bits per heavy atom. The molecule has 0 radical (unpaired) electrons. The molecule has 0 aliphatic heterocycles. The maximum atomic E-state index is 12.2. The smallest absolute Gasteiger partial charge is 0.303 e. The predicted octanol–water partition coefficient (Wildman–Crippen LogP) is 0.965. The SMILES string of the molecule is COC1=C(OC)C(=O)C(CCC(C)(O)CCC(=O)O)=CC1=O. The van der Waals surface area contributed by atoms with Gasteiger partial charge in [-0.25, -0.2) is 0 Å². The van der Waals surface area contributed by atoms with Crippen molar-refractivity contribution < 1.29 is 34.1 Å². The Labute approximate surface area is 128 Å². The normalized spacial score (nSPS) is 17.9. The molecular formula is C15H20O7. The molecular weight excluding hydrogens is 292 g/mol. The zero-order valence-corrected chi connectivity index (χ0v) is 12.8. The quantitative estimate of drug-likeness (QED) is 0.642. The molecule has 0 fully saturated rings. The van der Waals surface area contributed by atoms with E-state index in [-0.39, 0.29) is 42.8 Å². The molecule has 7 heteroatoms. The zero-order valence-electron chi connectivity index (χ0n) is 12.8. The number of methoxy groups -OCH3 is 2. The highest BCUT2D eigenvalue weighted by Gasteiger charge is 2.32. The molecule has 0 aromatic heterocycles. The van der Waals surface area contributed by atoms with E-state index in [9.17, 15) is 19.5 Å². The van der Waals surface area contributed by atoms with Crippen molar-refractivity contribution in [3.8, 4) is 0 Å².